The summed E-state index contributed by atoms with van der Waals surface area (Å²) >= 11 is 0. The summed E-state index contributed by atoms with van der Waals surface area (Å²) in [6, 6.07) is 2.37. The van der Waals surface area contributed by atoms with Gasteiger partial charge in [0.1, 0.15) is 29.5 Å². The Balaban J connectivity index is 1.65. The van der Waals surface area contributed by atoms with Crippen molar-refractivity contribution in [1.29, 1.82) is 0 Å². The first-order chi connectivity index (χ1) is 11.9. The van der Waals surface area contributed by atoms with Crippen LogP contribution in [0.2, 0.25) is 0 Å². The molecule has 0 radical (unpaired) electrons. The van der Waals surface area contributed by atoms with Gasteiger partial charge in [-0.3, -0.25) is 9.59 Å². The molecule has 0 aliphatic carbocycles. The number of carboxylic acids is 1. The summed E-state index contributed by atoms with van der Waals surface area (Å²) in [5, 5.41) is 11.3. The maximum atomic E-state index is 13.8. The number of amides is 2. The van der Waals surface area contributed by atoms with E-state index < -0.39 is 53.4 Å². The summed E-state index contributed by atoms with van der Waals surface area (Å²) in [5.74, 6) is -4.08. The SMILES string of the molecule is O=C(NC1CCN(c2c(F)cccc2F)C1=O)[C@@H]1CC[C@H](C(=O)O)O1. The normalized spacial score (nSPS) is 26.1. The highest BCUT2D eigenvalue weighted by Crippen LogP contribution is 2.28. The number of nitrogens with one attached hydrogen (secondary N) is 1. The molecule has 3 atom stereocenters. The zero-order chi connectivity index (χ0) is 18.1. The van der Waals surface area contributed by atoms with Crippen LogP contribution in [-0.4, -0.2) is 47.7 Å². The topological polar surface area (TPSA) is 95.9 Å². The second kappa shape index (κ2) is 6.75. The first-order valence-corrected chi connectivity index (χ1v) is 7.82. The molecule has 7 nitrogen and oxygen atoms in total. The summed E-state index contributed by atoms with van der Waals surface area (Å²) in [7, 11) is 0. The van der Waals surface area contributed by atoms with Gasteiger partial charge in [0.2, 0.25) is 11.8 Å². The number of benzene rings is 1. The third-order valence-corrected chi connectivity index (χ3v) is 4.32. The third-order valence-electron chi connectivity index (χ3n) is 4.32. The van der Waals surface area contributed by atoms with Gasteiger partial charge < -0.3 is 20.1 Å². The number of anilines is 1. The molecule has 3 rings (SSSR count). The second-order valence-corrected chi connectivity index (χ2v) is 5.94. The van der Waals surface area contributed by atoms with Crippen LogP contribution in [0.15, 0.2) is 18.2 Å². The maximum absolute atomic E-state index is 13.8. The van der Waals surface area contributed by atoms with Gasteiger partial charge in [-0.1, -0.05) is 6.07 Å². The van der Waals surface area contributed by atoms with E-state index in [0.717, 1.165) is 17.0 Å². The van der Waals surface area contributed by atoms with Crippen molar-refractivity contribution in [2.24, 2.45) is 0 Å². The molecule has 25 heavy (non-hydrogen) atoms. The molecular formula is C16H16F2N2O5. The van der Waals surface area contributed by atoms with E-state index in [0.29, 0.717) is 0 Å². The minimum atomic E-state index is -1.14. The molecule has 0 spiro atoms. The Kier molecular flexibility index (Phi) is 4.67. The number of ether oxygens (including phenoxy) is 1. The smallest absolute Gasteiger partial charge is 0.332 e. The van der Waals surface area contributed by atoms with E-state index in [9.17, 15) is 23.2 Å². The minimum absolute atomic E-state index is 0.0604. The molecule has 2 saturated heterocycles. The number of nitrogens with zero attached hydrogens (tertiary/aromatic N) is 1. The lowest BCUT2D eigenvalue weighted by atomic mass is 10.1. The summed E-state index contributed by atoms with van der Waals surface area (Å²) < 4.78 is 32.8. The quantitative estimate of drug-likeness (QED) is 0.835. The molecule has 2 heterocycles. The van der Waals surface area contributed by atoms with Gasteiger partial charge in [0.25, 0.3) is 0 Å². The van der Waals surface area contributed by atoms with Gasteiger partial charge in [-0.05, 0) is 31.4 Å². The molecule has 0 saturated carbocycles. The Labute approximate surface area is 141 Å². The van der Waals surface area contributed by atoms with Gasteiger partial charge in [-0.25, -0.2) is 13.6 Å². The van der Waals surface area contributed by atoms with Crippen LogP contribution in [0.1, 0.15) is 19.3 Å². The monoisotopic (exact) mass is 354 g/mol. The van der Waals surface area contributed by atoms with Crippen LogP contribution in [0.4, 0.5) is 14.5 Å². The molecular weight excluding hydrogens is 338 g/mol. The zero-order valence-corrected chi connectivity index (χ0v) is 13.1. The Morgan fingerprint density at radius 2 is 1.80 bits per heavy atom. The first-order valence-electron chi connectivity index (χ1n) is 7.82. The number of carbonyl (C=O) groups is 3. The second-order valence-electron chi connectivity index (χ2n) is 5.94. The average molecular weight is 354 g/mol. The van der Waals surface area contributed by atoms with E-state index in [1.165, 1.54) is 6.07 Å². The molecule has 1 aromatic rings. The summed E-state index contributed by atoms with van der Waals surface area (Å²) in [6.07, 6.45) is -1.37. The molecule has 134 valence electrons. The Hall–Kier alpha value is -2.55. The summed E-state index contributed by atoms with van der Waals surface area (Å²) in [6.45, 7) is 0.0604. The lowest BCUT2D eigenvalue weighted by Gasteiger charge is -2.19. The molecule has 1 unspecified atom stereocenters. The molecule has 9 heteroatoms. The Bertz CT molecular complexity index is 706. The van der Waals surface area contributed by atoms with E-state index in [1.807, 2.05) is 0 Å². The first kappa shape index (κ1) is 17.3. The van der Waals surface area contributed by atoms with E-state index in [1.54, 1.807) is 0 Å². The largest absolute Gasteiger partial charge is 0.479 e. The average Bonchev–Trinajstić information content (AvgIpc) is 3.17. The molecule has 2 fully saturated rings. The number of hydrogen-bond donors (Lipinski definition) is 2. The van der Waals surface area contributed by atoms with E-state index in [-0.39, 0.29) is 25.8 Å². The van der Waals surface area contributed by atoms with Gasteiger partial charge >= 0.3 is 5.97 Å². The van der Waals surface area contributed by atoms with Crippen LogP contribution < -0.4 is 10.2 Å². The van der Waals surface area contributed by atoms with Gasteiger partial charge in [0.05, 0.1) is 0 Å². The molecule has 1 aromatic carbocycles. The lowest BCUT2D eigenvalue weighted by molar-refractivity contribution is -0.152. The van der Waals surface area contributed by atoms with E-state index >= 15 is 0 Å². The Morgan fingerprint density at radius 1 is 1.16 bits per heavy atom. The molecule has 0 aromatic heterocycles. The summed E-state index contributed by atoms with van der Waals surface area (Å²) in [4.78, 5) is 36.3. The van der Waals surface area contributed by atoms with Crippen molar-refractivity contribution in [3.63, 3.8) is 0 Å². The van der Waals surface area contributed by atoms with E-state index in [2.05, 4.69) is 5.32 Å². The predicted molar refractivity (Wildman–Crippen MR) is 80.8 cm³/mol. The van der Waals surface area contributed by atoms with Crippen LogP contribution in [0, 0.1) is 11.6 Å². The van der Waals surface area contributed by atoms with Crippen molar-refractivity contribution in [1.82, 2.24) is 5.32 Å². The van der Waals surface area contributed by atoms with E-state index in [4.69, 9.17) is 9.84 Å². The number of halogens is 2. The standard InChI is InChI=1S/C16H16F2N2O5/c17-8-2-1-3-9(18)13(8)20-7-6-10(15(20)22)19-14(21)11-4-5-12(25-11)16(23)24/h1-3,10-12H,4-7H2,(H,19,21)(H,23,24)/t10?,11-,12+/m0/s1. The predicted octanol–water partition coefficient (Wildman–Crippen LogP) is 0.818. The van der Waals surface area contributed by atoms with Crippen molar-refractivity contribution in [2.75, 3.05) is 11.4 Å². The molecule has 2 amide bonds. The van der Waals surface area contributed by atoms with Gasteiger partial charge in [0.15, 0.2) is 6.10 Å². The number of aliphatic carboxylic acids is 1. The van der Waals surface area contributed by atoms with Crippen LogP contribution in [0.25, 0.3) is 0 Å². The van der Waals surface area contributed by atoms with Crippen LogP contribution in [0.3, 0.4) is 0 Å². The third kappa shape index (κ3) is 3.32. The lowest BCUT2D eigenvalue weighted by Crippen LogP contribution is -2.46. The highest BCUT2D eigenvalue weighted by Gasteiger charge is 2.40. The highest BCUT2D eigenvalue weighted by molar-refractivity contribution is 6.01. The fourth-order valence-electron chi connectivity index (χ4n) is 3.06. The summed E-state index contributed by atoms with van der Waals surface area (Å²) in [5.41, 5.74) is -0.438. The van der Waals surface area contributed by atoms with Crippen LogP contribution in [0.5, 0.6) is 0 Å². The van der Waals surface area contributed by atoms with Crippen molar-refractivity contribution in [3.8, 4) is 0 Å². The fraction of sp³-hybridized carbons (Fsp3) is 0.438. The fourth-order valence-corrected chi connectivity index (χ4v) is 3.06. The minimum Gasteiger partial charge on any atom is -0.479 e. The number of carboxylic acid groups (broad SMARTS) is 1. The number of para-hydroxylation sites is 1. The number of hydrogen-bond acceptors (Lipinski definition) is 4. The molecule has 2 N–H and O–H groups in total. The van der Waals surface area contributed by atoms with Crippen molar-refractivity contribution in [3.05, 3.63) is 29.8 Å². The number of carbonyl (C=O) groups excluding carboxylic acids is 2. The van der Waals surface area contributed by atoms with Crippen molar-refractivity contribution >= 4 is 23.5 Å². The molecule has 2 aliphatic heterocycles. The molecule has 2 aliphatic rings. The van der Waals surface area contributed by atoms with Crippen LogP contribution >= 0.6 is 0 Å². The zero-order valence-electron chi connectivity index (χ0n) is 13.1. The highest BCUT2D eigenvalue weighted by atomic mass is 19.1. The van der Waals surface area contributed by atoms with Crippen molar-refractivity contribution < 1.29 is 33.0 Å². The molecule has 0 bridgehead atoms. The Morgan fingerprint density at radius 3 is 2.40 bits per heavy atom. The number of rotatable bonds is 4. The van der Waals surface area contributed by atoms with Crippen LogP contribution in [-0.2, 0) is 19.1 Å². The van der Waals surface area contributed by atoms with Gasteiger partial charge in [0, 0.05) is 6.54 Å². The van der Waals surface area contributed by atoms with Gasteiger partial charge in [-0.15, -0.1) is 0 Å². The van der Waals surface area contributed by atoms with Gasteiger partial charge in [-0.2, -0.15) is 0 Å². The maximum Gasteiger partial charge on any atom is 0.332 e. The van der Waals surface area contributed by atoms with Crippen molar-refractivity contribution in [2.45, 2.75) is 37.5 Å².